The van der Waals surface area contributed by atoms with Gasteiger partial charge in [-0.05, 0) is 43.2 Å². The van der Waals surface area contributed by atoms with Gasteiger partial charge in [0.2, 0.25) is 0 Å². The number of carboxylic acid groups (broad SMARTS) is 1. The fourth-order valence-corrected chi connectivity index (χ4v) is 2.42. The van der Waals surface area contributed by atoms with Crippen LogP contribution in [0.25, 0.3) is 0 Å². The molecule has 2 N–H and O–H groups in total. The highest BCUT2D eigenvalue weighted by Crippen LogP contribution is 2.24. The van der Waals surface area contributed by atoms with Crippen molar-refractivity contribution in [1.29, 1.82) is 0 Å². The van der Waals surface area contributed by atoms with Crippen LogP contribution in [-0.4, -0.2) is 37.3 Å². The van der Waals surface area contributed by atoms with Gasteiger partial charge in [0.25, 0.3) is 5.91 Å². The number of amides is 1. The Morgan fingerprint density at radius 3 is 2.44 bits per heavy atom. The van der Waals surface area contributed by atoms with Gasteiger partial charge in [0.05, 0.1) is 17.7 Å². The number of carbonyl (C=O) groups excluding carboxylic acids is 1. The number of ether oxygens (including phenoxy) is 2. The lowest BCUT2D eigenvalue weighted by Crippen LogP contribution is -2.16. The largest absolute Gasteiger partial charge is 0.490 e. The molecule has 2 aromatic carbocycles. The molecule has 0 aliphatic rings. The van der Waals surface area contributed by atoms with Gasteiger partial charge < -0.3 is 19.9 Å². The first-order valence-corrected chi connectivity index (χ1v) is 7.80. The lowest BCUT2D eigenvalue weighted by molar-refractivity contribution is 0.0695. The number of methoxy groups -OCH3 is 1. The summed E-state index contributed by atoms with van der Waals surface area (Å²) in [4.78, 5) is 23.9. The Labute approximate surface area is 146 Å². The second-order valence-electron chi connectivity index (χ2n) is 5.58. The molecular formula is C19H21NO5. The van der Waals surface area contributed by atoms with Gasteiger partial charge in [-0.1, -0.05) is 18.2 Å². The van der Waals surface area contributed by atoms with Crippen molar-refractivity contribution in [3.05, 3.63) is 58.7 Å². The van der Waals surface area contributed by atoms with E-state index in [2.05, 4.69) is 5.32 Å². The maximum absolute atomic E-state index is 12.6. The number of rotatable bonds is 7. The van der Waals surface area contributed by atoms with Gasteiger partial charge in [0.1, 0.15) is 12.4 Å². The molecule has 0 atom stereocenters. The van der Waals surface area contributed by atoms with E-state index in [-0.39, 0.29) is 11.5 Å². The van der Waals surface area contributed by atoms with Crippen molar-refractivity contribution < 1.29 is 24.2 Å². The normalized spacial score (nSPS) is 10.4. The number of hydrogen-bond donors (Lipinski definition) is 2. The minimum absolute atomic E-state index is 0.158. The molecule has 0 heterocycles. The second kappa shape index (κ2) is 8.30. The third-order valence-electron chi connectivity index (χ3n) is 3.73. The van der Waals surface area contributed by atoms with E-state index >= 15 is 0 Å². The number of aromatic carboxylic acids is 1. The Morgan fingerprint density at radius 2 is 1.76 bits per heavy atom. The molecule has 132 valence electrons. The average Bonchev–Trinajstić information content (AvgIpc) is 2.57. The molecule has 0 fully saturated rings. The molecule has 0 radical (unpaired) electrons. The van der Waals surface area contributed by atoms with Crippen LogP contribution in [0.2, 0.25) is 0 Å². The number of hydrogen-bond acceptors (Lipinski definition) is 4. The summed E-state index contributed by atoms with van der Waals surface area (Å²) < 4.78 is 10.5. The predicted octanol–water partition coefficient (Wildman–Crippen LogP) is 3.28. The Morgan fingerprint density at radius 1 is 1.04 bits per heavy atom. The fourth-order valence-electron chi connectivity index (χ4n) is 2.42. The van der Waals surface area contributed by atoms with Gasteiger partial charge in [0, 0.05) is 12.8 Å². The zero-order chi connectivity index (χ0) is 18.4. The monoisotopic (exact) mass is 343 g/mol. The van der Waals surface area contributed by atoms with Crippen LogP contribution in [0.1, 0.15) is 31.8 Å². The molecule has 2 rings (SSSR count). The summed E-state index contributed by atoms with van der Waals surface area (Å²) >= 11 is 0. The van der Waals surface area contributed by atoms with Crippen LogP contribution in [0, 0.1) is 13.8 Å². The van der Waals surface area contributed by atoms with Crippen LogP contribution >= 0.6 is 0 Å². The molecule has 0 saturated heterocycles. The summed E-state index contributed by atoms with van der Waals surface area (Å²) in [5.41, 5.74) is 2.42. The minimum atomic E-state index is -1.03. The molecule has 6 nitrogen and oxygen atoms in total. The molecule has 1 amide bonds. The van der Waals surface area contributed by atoms with Gasteiger partial charge in [-0.15, -0.1) is 0 Å². The quantitative estimate of drug-likeness (QED) is 0.754. The van der Waals surface area contributed by atoms with Gasteiger partial charge >= 0.3 is 5.97 Å². The maximum atomic E-state index is 12.6. The number of aryl methyl sites for hydroxylation is 2. The van der Waals surface area contributed by atoms with E-state index in [1.165, 1.54) is 6.07 Å². The third kappa shape index (κ3) is 4.58. The SMILES string of the molecule is COCCOc1ccccc1C(=O)Nc1cc(C(=O)O)c(C)cc1C. The Kier molecular flexibility index (Phi) is 6.14. The summed E-state index contributed by atoms with van der Waals surface area (Å²) in [6.45, 7) is 4.28. The van der Waals surface area contributed by atoms with Crippen molar-refractivity contribution in [2.45, 2.75) is 13.8 Å². The number of para-hydroxylation sites is 1. The lowest BCUT2D eigenvalue weighted by Gasteiger charge is -2.14. The molecule has 6 heteroatoms. The number of benzene rings is 2. The van der Waals surface area contributed by atoms with Gasteiger partial charge in [-0.25, -0.2) is 4.79 Å². The smallest absolute Gasteiger partial charge is 0.336 e. The zero-order valence-electron chi connectivity index (χ0n) is 14.5. The van der Waals surface area contributed by atoms with Crippen molar-refractivity contribution in [2.75, 3.05) is 25.6 Å². The van der Waals surface area contributed by atoms with Crippen LogP contribution < -0.4 is 10.1 Å². The molecule has 0 bridgehead atoms. The summed E-state index contributed by atoms with van der Waals surface area (Å²) in [6.07, 6.45) is 0. The van der Waals surface area contributed by atoms with E-state index in [4.69, 9.17) is 9.47 Å². The van der Waals surface area contributed by atoms with E-state index in [9.17, 15) is 14.7 Å². The van der Waals surface area contributed by atoms with E-state index in [1.807, 2.05) is 6.92 Å². The molecule has 0 aliphatic carbocycles. The first-order chi connectivity index (χ1) is 11.9. The maximum Gasteiger partial charge on any atom is 0.336 e. The van der Waals surface area contributed by atoms with E-state index in [0.29, 0.717) is 35.8 Å². The highest BCUT2D eigenvalue weighted by Gasteiger charge is 2.16. The zero-order valence-corrected chi connectivity index (χ0v) is 14.5. The van der Waals surface area contributed by atoms with Crippen LogP contribution in [-0.2, 0) is 4.74 Å². The first kappa shape index (κ1) is 18.5. The predicted molar refractivity (Wildman–Crippen MR) is 94.6 cm³/mol. The third-order valence-corrected chi connectivity index (χ3v) is 3.73. The summed E-state index contributed by atoms with van der Waals surface area (Å²) in [7, 11) is 1.57. The first-order valence-electron chi connectivity index (χ1n) is 7.80. The molecular weight excluding hydrogens is 322 g/mol. The van der Waals surface area contributed by atoms with Crippen molar-refractivity contribution in [1.82, 2.24) is 0 Å². The van der Waals surface area contributed by atoms with Gasteiger partial charge in [-0.2, -0.15) is 0 Å². The number of nitrogens with one attached hydrogen (secondary N) is 1. The summed E-state index contributed by atoms with van der Waals surface area (Å²) in [6, 6.07) is 10.1. The standard InChI is InChI=1S/C19H21NO5/c1-12-10-13(2)16(11-15(12)19(22)23)20-18(21)14-6-4-5-7-17(14)25-9-8-24-3/h4-7,10-11H,8-9H2,1-3H3,(H,20,21)(H,22,23). The molecule has 0 spiro atoms. The highest BCUT2D eigenvalue weighted by molar-refractivity contribution is 6.07. The van der Waals surface area contributed by atoms with E-state index in [1.54, 1.807) is 44.4 Å². The van der Waals surface area contributed by atoms with Crippen molar-refractivity contribution in [3.8, 4) is 5.75 Å². The number of anilines is 1. The highest BCUT2D eigenvalue weighted by atomic mass is 16.5. The molecule has 0 aliphatic heterocycles. The van der Waals surface area contributed by atoms with Crippen molar-refractivity contribution in [2.24, 2.45) is 0 Å². The summed E-state index contributed by atoms with van der Waals surface area (Å²) in [5, 5.41) is 12.0. The van der Waals surface area contributed by atoms with Crippen molar-refractivity contribution >= 4 is 17.6 Å². The van der Waals surface area contributed by atoms with Crippen LogP contribution in [0.15, 0.2) is 36.4 Å². The molecule has 0 aromatic heterocycles. The van der Waals surface area contributed by atoms with E-state index < -0.39 is 5.97 Å². The van der Waals surface area contributed by atoms with Crippen LogP contribution in [0.5, 0.6) is 5.75 Å². The lowest BCUT2D eigenvalue weighted by atomic mass is 10.0. The Hall–Kier alpha value is -2.86. The molecule has 0 unspecified atom stereocenters. The van der Waals surface area contributed by atoms with Gasteiger partial charge in [0.15, 0.2) is 0 Å². The number of carbonyl (C=O) groups is 2. The Balaban J connectivity index is 2.26. The van der Waals surface area contributed by atoms with E-state index in [0.717, 1.165) is 5.56 Å². The molecule has 25 heavy (non-hydrogen) atoms. The summed E-state index contributed by atoms with van der Waals surface area (Å²) in [5.74, 6) is -0.951. The Bertz CT molecular complexity index is 785. The van der Waals surface area contributed by atoms with Gasteiger partial charge in [-0.3, -0.25) is 4.79 Å². The molecule has 2 aromatic rings. The fraction of sp³-hybridized carbons (Fsp3) is 0.263. The van der Waals surface area contributed by atoms with Crippen molar-refractivity contribution in [3.63, 3.8) is 0 Å². The minimum Gasteiger partial charge on any atom is -0.490 e. The molecule has 0 saturated carbocycles. The van der Waals surface area contributed by atoms with Crippen LogP contribution in [0.4, 0.5) is 5.69 Å². The second-order valence-corrected chi connectivity index (χ2v) is 5.58. The average molecular weight is 343 g/mol. The number of carboxylic acids is 1. The topological polar surface area (TPSA) is 84.9 Å². The van der Waals surface area contributed by atoms with Crippen LogP contribution in [0.3, 0.4) is 0 Å².